The van der Waals surface area contributed by atoms with Gasteiger partial charge in [0.25, 0.3) is 5.91 Å². The number of rotatable bonds is 7. The van der Waals surface area contributed by atoms with Gasteiger partial charge in [-0.15, -0.1) is 23.4 Å². The second-order valence-electron chi connectivity index (χ2n) is 6.57. The Hall–Kier alpha value is -2.74. The summed E-state index contributed by atoms with van der Waals surface area (Å²) in [7, 11) is 0. The summed E-state index contributed by atoms with van der Waals surface area (Å²) in [6, 6.07) is 9.40. The van der Waals surface area contributed by atoms with Crippen LogP contribution in [0.1, 0.15) is 13.9 Å². The molecule has 2 rings (SSSR count). The van der Waals surface area contributed by atoms with Crippen LogP contribution in [0.2, 0.25) is 0 Å². The highest BCUT2D eigenvalue weighted by Gasteiger charge is 2.35. The lowest BCUT2D eigenvalue weighted by atomic mass is 10.1. The Labute approximate surface area is 187 Å². The standard InChI is InChI=1S/C20H17ClF3N3O3S.H2/c1-19(30,11-31-14-5-3-4-12(8-14)26-17(28)10-21)18(29)27-13-6-7-16(25-2)15(9-13)20(22,23)24;/h3-9,30H,10-11H2,1H3,(H,26,28)(H,27,29);1H. The molecule has 0 saturated heterocycles. The summed E-state index contributed by atoms with van der Waals surface area (Å²) < 4.78 is 39.3. The molecule has 0 fully saturated rings. The summed E-state index contributed by atoms with van der Waals surface area (Å²) in [4.78, 5) is 27.3. The van der Waals surface area contributed by atoms with E-state index in [9.17, 15) is 27.9 Å². The van der Waals surface area contributed by atoms with E-state index < -0.39 is 34.8 Å². The molecule has 0 aliphatic rings. The number of nitrogens with zero attached hydrogens (tertiary/aromatic N) is 1. The van der Waals surface area contributed by atoms with Gasteiger partial charge in [-0.05, 0) is 37.3 Å². The molecule has 6 nitrogen and oxygen atoms in total. The molecular weight excluding hydrogens is 455 g/mol. The van der Waals surface area contributed by atoms with E-state index in [0.717, 1.165) is 23.9 Å². The number of thioether (sulfide) groups is 1. The Morgan fingerprint density at radius 2 is 1.87 bits per heavy atom. The van der Waals surface area contributed by atoms with Crippen LogP contribution in [0, 0.1) is 6.57 Å². The van der Waals surface area contributed by atoms with Crippen molar-refractivity contribution in [2.45, 2.75) is 23.6 Å². The highest BCUT2D eigenvalue weighted by molar-refractivity contribution is 7.99. The van der Waals surface area contributed by atoms with Gasteiger partial charge in [0.05, 0.1) is 12.1 Å². The molecule has 2 amide bonds. The molecule has 3 N–H and O–H groups in total. The van der Waals surface area contributed by atoms with E-state index in [2.05, 4.69) is 15.5 Å². The predicted molar refractivity (Wildman–Crippen MR) is 116 cm³/mol. The molecule has 1 unspecified atom stereocenters. The third kappa shape index (κ3) is 6.89. The van der Waals surface area contributed by atoms with Gasteiger partial charge in [-0.1, -0.05) is 12.1 Å². The monoisotopic (exact) mass is 473 g/mol. The first-order valence-corrected chi connectivity index (χ1v) is 10.2. The van der Waals surface area contributed by atoms with Crippen molar-refractivity contribution in [3.05, 3.63) is 59.4 Å². The molecule has 11 heteroatoms. The third-order valence-corrected chi connectivity index (χ3v) is 5.46. The lowest BCUT2D eigenvalue weighted by molar-refractivity contribution is -0.137. The van der Waals surface area contributed by atoms with Gasteiger partial charge >= 0.3 is 6.18 Å². The van der Waals surface area contributed by atoms with Crippen LogP contribution in [-0.2, 0) is 15.8 Å². The summed E-state index contributed by atoms with van der Waals surface area (Å²) >= 11 is 6.56. The van der Waals surface area contributed by atoms with Crippen LogP contribution >= 0.6 is 23.4 Å². The van der Waals surface area contributed by atoms with Crippen molar-refractivity contribution in [2.75, 3.05) is 22.3 Å². The molecule has 0 heterocycles. The van der Waals surface area contributed by atoms with Gasteiger partial charge in [0.2, 0.25) is 5.91 Å². The van der Waals surface area contributed by atoms with E-state index in [1.807, 2.05) is 0 Å². The normalized spacial score (nSPS) is 13.1. The molecule has 0 aromatic heterocycles. The number of aliphatic hydroxyl groups is 1. The fraction of sp³-hybridized carbons (Fsp3) is 0.250. The molecule has 166 valence electrons. The van der Waals surface area contributed by atoms with Crippen molar-refractivity contribution in [3.63, 3.8) is 0 Å². The summed E-state index contributed by atoms with van der Waals surface area (Å²) in [5.74, 6) is -1.62. The van der Waals surface area contributed by atoms with E-state index in [0.29, 0.717) is 16.6 Å². The van der Waals surface area contributed by atoms with Gasteiger partial charge in [0.1, 0.15) is 11.5 Å². The smallest absolute Gasteiger partial charge is 0.379 e. The van der Waals surface area contributed by atoms with Gasteiger partial charge in [-0.2, -0.15) is 13.2 Å². The van der Waals surface area contributed by atoms with Crippen LogP contribution < -0.4 is 10.6 Å². The zero-order valence-corrected chi connectivity index (χ0v) is 17.7. The molecule has 0 radical (unpaired) electrons. The number of halogens is 4. The number of carbonyl (C=O) groups is 2. The fourth-order valence-electron chi connectivity index (χ4n) is 2.35. The molecule has 31 heavy (non-hydrogen) atoms. The SMILES string of the molecule is [C-]#[N+]c1ccc(NC(=O)C(C)(O)CSc2cccc(NC(=O)CCl)c2)cc1C(F)(F)F.[HH]. The molecule has 0 saturated carbocycles. The second-order valence-corrected chi connectivity index (χ2v) is 7.88. The van der Waals surface area contributed by atoms with E-state index in [1.54, 1.807) is 24.3 Å². The van der Waals surface area contributed by atoms with Gasteiger partial charge in [0.15, 0.2) is 5.69 Å². The molecule has 0 spiro atoms. The number of hydrogen-bond acceptors (Lipinski definition) is 4. The largest absolute Gasteiger partial charge is 0.407 e. The van der Waals surface area contributed by atoms with Crippen molar-refractivity contribution in [1.82, 2.24) is 0 Å². The average molecular weight is 474 g/mol. The Morgan fingerprint density at radius 3 is 2.48 bits per heavy atom. The van der Waals surface area contributed by atoms with Crippen molar-refractivity contribution in [1.29, 1.82) is 0 Å². The van der Waals surface area contributed by atoms with E-state index >= 15 is 0 Å². The molecule has 2 aromatic carbocycles. The third-order valence-electron chi connectivity index (χ3n) is 3.93. The summed E-state index contributed by atoms with van der Waals surface area (Å²) in [6.45, 7) is 8.07. The van der Waals surface area contributed by atoms with E-state index in [4.69, 9.17) is 18.2 Å². The fourth-order valence-corrected chi connectivity index (χ4v) is 3.38. The number of anilines is 2. The Bertz CT molecular complexity index is 1030. The van der Waals surface area contributed by atoms with Gasteiger partial charge < -0.3 is 15.7 Å². The van der Waals surface area contributed by atoms with Gasteiger partial charge in [-0.25, -0.2) is 4.85 Å². The topological polar surface area (TPSA) is 82.8 Å². The van der Waals surface area contributed by atoms with Gasteiger partial charge in [0, 0.05) is 23.4 Å². The van der Waals surface area contributed by atoms with Crippen molar-refractivity contribution in [2.24, 2.45) is 0 Å². The first-order chi connectivity index (χ1) is 14.5. The maximum atomic E-state index is 13.1. The van der Waals surface area contributed by atoms with Crippen LogP contribution in [0.3, 0.4) is 0 Å². The quantitative estimate of drug-likeness (QED) is 0.294. The highest BCUT2D eigenvalue weighted by atomic mass is 35.5. The lowest BCUT2D eigenvalue weighted by Crippen LogP contribution is -2.42. The summed E-state index contributed by atoms with van der Waals surface area (Å²) in [6.07, 6.45) is -4.76. The zero-order valence-electron chi connectivity index (χ0n) is 16.1. The predicted octanol–water partition coefficient (Wildman–Crippen LogP) is 5.16. The highest BCUT2D eigenvalue weighted by Crippen LogP contribution is 2.38. The van der Waals surface area contributed by atoms with Crippen LogP contribution in [-0.4, -0.2) is 34.2 Å². The average Bonchev–Trinajstić information content (AvgIpc) is 2.71. The Balaban J connectivity index is 0.00000512. The summed E-state index contributed by atoms with van der Waals surface area (Å²) in [5.41, 5.74) is -3.39. The van der Waals surface area contributed by atoms with Crippen LogP contribution in [0.4, 0.5) is 30.2 Å². The molecule has 1 atom stereocenters. The second kappa shape index (κ2) is 10.0. The summed E-state index contributed by atoms with van der Waals surface area (Å²) in [5, 5.41) is 15.3. The maximum absolute atomic E-state index is 13.1. The molecular formula is C20H19ClF3N3O3S. The Kier molecular flexibility index (Phi) is 7.95. The minimum Gasteiger partial charge on any atom is -0.379 e. The maximum Gasteiger partial charge on any atom is 0.407 e. The number of amides is 2. The number of nitrogens with one attached hydrogen (secondary N) is 2. The molecule has 0 aliphatic carbocycles. The van der Waals surface area contributed by atoms with E-state index in [-0.39, 0.29) is 18.7 Å². The lowest BCUT2D eigenvalue weighted by Gasteiger charge is -2.22. The first kappa shape index (κ1) is 24.5. The van der Waals surface area contributed by atoms with Crippen molar-refractivity contribution >= 4 is 52.2 Å². The first-order valence-electron chi connectivity index (χ1n) is 8.67. The zero-order chi connectivity index (χ0) is 23.2. The molecule has 0 bridgehead atoms. The van der Waals surface area contributed by atoms with E-state index in [1.165, 1.54) is 6.92 Å². The van der Waals surface area contributed by atoms with Crippen LogP contribution in [0.25, 0.3) is 4.85 Å². The number of hydrogen-bond donors (Lipinski definition) is 3. The van der Waals surface area contributed by atoms with Crippen molar-refractivity contribution < 1.29 is 29.3 Å². The van der Waals surface area contributed by atoms with Crippen molar-refractivity contribution in [3.8, 4) is 0 Å². The van der Waals surface area contributed by atoms with Gasteiger partial charge in [-0.3, -0.25) is 9.59 Å². The number of carbonyl (C=O) groups excluding carboxylic acids is 2. The van der Waals surface area contributed by atoms with Crippen LogP contribution in [0.5, 0.6) is 0 Å². The minimum atomic E-state index is -4.76. The molecule has 2 aromatic rings. The number of benzene rings is 2. The Morgan fingerprint density at radius 1 is 1.19 bits per heavy atom. The molecule has 0 aliphatic heterocycles. The number of alkyl halides is 4. The van der Waals surface area contributed by atoms with Crippen LogP contribution in [0.15, 0.2) is 47.4 Å². The minimum absolute atomic E-state index is 0.